The molecule has 0 N–H and O–H groups in total. The molecular formula is C18H15NOS. The number of benzene rings is 3. The highest BCUT2D eigenvalue weighted by Gasteiger charge is 2.09. The van der Waals surface area contributed by atoms with Crippen LogP contribution >= 0.6 is 11.8 Å². The minimum absolute atomic E-state index is 0.637. The van der Waals surface area contributed by atoms with Crippen molar-refractivity contribution < 1.29 is 4.74 Å². The first kappa shape index (κ1) is 13.7. The van der Waals surface area contributed by atoms with Gasteiger partial charge in [-0.05, 0) is 23.1 Å². The number of hydrogen-bond donors (Lipinski definition) is 0. The van der Waals surface area contributed by atoms with Gasteiger partial charge in [-0.3, -0.25) is 0 Å². The van der Waals surface area contributed by atoms with Crippen LogP contribution in [0.4, 0.5) is 5.69 Å². The minimum Gasteiger partial charge on any atom is -0.618 e. The van der Waals surface area contributed by atoms with E-state index in [0.717, 1.165) is 26.0 Å². The lowest BCUT2D eigenvalue weighted by atomic mass is 10.1. The Morgan fingerprint density at radius 1 is 0.905 bits per heavy atom. The number of rotatable bonds is 3. The Hall–Kier alpha value is -2.26. The van der Waals surface area contributed by atoms with Crippen molar-refractivity contribution >= 4 is 34.4 Å². The molecule has 0 spiro atoms. The fraction of sp³-hybridized carbons (Fsp3) is 0.0556. The molecular weight excluding hydrogens is 278 g/mol. The zero-order valence-electron chi connectivity index (χ0n) is 11.7. The summed E-state index contributed by atoms with van der Waals surface area (Å²) in [6.45, 7) is 0. The third-order valence-corrected chi connectivity index (χ3v) is 4.20. The van der Waals surface area contributed by atoms with E-state index >= 15 is 0 Å². The average Bonchev–Trinajstić information content (AvgIpc) is 2.56. The van der Waals surface area contributed by atoms with Gasteiger partial charge in [0.05, 0.1) is 5.56 Å². The predicted molar refractivity (Wildman–Crippen MR) is 90.6 cm³/mol. The lowest BCUT2D eigenvalue weighted by Crippen LogP contribution is -2.00. The van der Waals surface area contributed by atoms with Gasteiger partial charge in [-0.2, -0.15) is 4.74 Å². The second-order valence-corrected chi connectivity index (χ2v) is 5.54. The summed E-state index contributed by atoms with van der Waals surface area (Å²) in [7, 11) is 0. The SMILES string of the molecule is CSc1ccc2ccccc2c1/C=[N+](\[O-])c1ccccc1. The Kier molecular flexibility index (Phi) is 3.93. The van der Waals surface area contributed by atoms with E-state index in [1.165, 1.54) is 0 Å². The van der Waals surface area contributed by atoms with Gasteiger partial charge in [-0.1, -0.05) is 48.5 Å². The first-order valence-electron chi connectivity index (χ1n) is 6.71. The number of fused-ring (bicyclic) bond motifs is 1. The molecule has 21 heavy (non-hydrogen) atoms. The molecule has 0 radical (unpaired) electrons. The highest BCUT2D eigenvalue weighted by molar-refractivity contribution is 7.98. The van der Waals surface area contributed by atoms with Crippen LogP contribution in [-0.4, -0.2) is 17.2 Å². The van der Waals surface area contributed by atoms with Crippen molar-refractivity contribution in [1.82, 2.24) is 0 Å². The van der Waals surface area contributed by atoms with Crippen LogP contribution in [0.1, 0.15) is 5.56 Å². The number of para-hydroxylation sites is 1. The molecule has 0 saturated heterocycles. The summed E-state index contributed by atoms with van der Waals surface area (Å²) >= 11 is 1.65. The third kappa shape index (κ3) is 2.78. The van der Waals surface area contributed by atoms with Crippen molar-refractivity contribution in [2.24, 2.45) is 0 Å². The molecule has 2 nitrogen and oxygen atoms in total. The topological polar surface area (TPSA) is 26.1 Å². The normalized spacial score (nSPS) is 11.8. The van der Waals surface area contributed by atoms with Crippen LogP contribution in [0.25, 0.3) is 10.8 Å². The van der Waals surface area contributed by atoms with Crippen LogP contribution in [0.5, 0.6) is 0 Å². The molecule has 3 aromatic rings. The lowest BCUT2D eigenvalue weighted by molar-refractivity contribution is -0.354. The molecule has 0 aliphatic carbocycles. The second-order valence-electron chi connectivity index (χ2n) is 4.69. The summed E-state index contributed by atoms with van der Waals surface area (Å²) < 4.78 is 0.932. The standard InChI is InChI=1S/C18H15NOS/c1-21-18-12-11-14-7-5-6-10-16(14)17(18)13-19(20)15-8-3-2-4-9-15/h2-13H,1H3/b19-13-. The molecule has 104 valence electrons. The Morgan fingerprint density at radius 2 is 1.62 bits per heavy atom. The molecule has 0 saturated carbocycles. The van der Waals surface area contributed by atoms with Crippen LogP contribution in [0.3, 0.4) is 0 Å². The van der Waals surface area contributed by atoms with Crippen molar-refractivity contribution in [3.05, 3.63) is 77.5 Å². The highest BCUT2D eigenvalue weighted by Crippen LogP contribution is 2.27. The summed E-state index contributed by atoms with van der Waals surface area (Å²) in [5, 5.41) is 14.6. The van der Waals surface area contributed by atoms with E-state index in [9.17, 15) is 5.21 Å². The van der Waals surface area contributed by atoms with E-state index in [2.05, 4.69) is 24.3 Å². The Labute approximate surface area is 128 Å². The van der Waals surface area contributed by atoms with Crippen molar-refractivity contribution in [2.45, 2.75) is 4.90 Å². The molecule has 0 aliphatic heterocycles. The molecule has 0 aliphatic rings. The minimum atomic E-state index is 0.637. The maximum Gasteiger partial charge on any atom is 0.216 e. The maximum atomic E-state index is 12.4. The van der Waals surface area contributed by atoms with Crippen molar-refractivity contribution in [2.75, 3.05) is 6.26 Å². The Balaban J connectivity index is 2.19. The smallest absolute Gasteiger partial charge is 0.216 e. The fourth-order valence-electron chi connectivity index (χ4n) is 2.35. The van der Waals surface area contributed by atoms with Crippen LogP contribution in [0, 0.1) is 5.21 Å². The molecule has 0 unspecified atom stereocenters. The Morgan fingerprint density at radius 3 is 2.38 bits per heavy atom. The highest BCUT2D eigenvalue weighted by atomic mass is 32.2. The van der Waals surface area contributed by atoms with Crippen molar-refractivity contribution in [3.8, 4) is 0 Å². The van der Waals surface area contributed by atoms with Gasteiger partial charge in [0, 0.05) is 17.0 Å². The molecule has 0 aromatic heterocycles. The van der Waals surface area contributed by atoms with E-state index in [4.69, 9.17) is 0 Å². The average molecular weight is 293 g/mol. The van der Waals surface area contributed by atoms with Gasteiger partial charge in [-0.25, -0.2) is 0 Å². The number of thioether (sulfide) groups is 1. The summed E-state index contributed by atoms with van der Waals surface area (Å²) in [6.07, 6.45) is 3.70. The Bertz CT molecular complexity index is 797. The van der Waals surface area contributed by atoms with Crippen molar-refractivity contribution in [1.29, 1.82) is 0 Å². The number of hydrogen-bond acceptors (Lipinski definition) is 2. The van der Waals surface area contributed by atoms with E-state index in [1.807, 2.05) is 48.7 Å². The molecule has 0 bridgehead atoms. The molecule has 0 amide bonds. The number of nitrogens with zero attached hydrogens (tertiary/aromatic N) is 1. The molecule has 3 aromatic carbocycles. The molecule has 3 rings (SSSR count). The molecule has 0 fully saturated rings. The lowest BCUT2D eigenvalue weighted by Gasteiger charge is -2.08. The molecule has 3 heteroatoms. The zero-order valence-corrected chi connectivity index (χ0v) is 12.5. The quantitative estimate of drug-likeness (QED) is 0.227. The zero-order chi connectivity index (χ0) is 14.7. The van der Waals surface area contributed by atoms with E-state index in [-0.39, 0.29) is 0 Å². The van der Waals surface area contributed by atoms with Gasteiger partial charge < -0.3 is 5.21 Å². The van der Waals surface area contributed by atoms with Crippen LogP contribution < -0.4 is 0 Å². The van der Waals surface area contributed by atoms with Gasteiger partial charge in [0.1, 0.15) is 0 Å². The van der Waals surface area contributed by atoms with Gasteiger partial charge in [0.15, 0.2) is 6.21 Å². The predicted octanol–water partition coefficient (Wildman–Crippen LogP) is 4.82. The molecule has 0 heterocycles. The van der Waals surface area contributed by atoms with Crippen LogP contribution in [0.15, 0.2) is 71.6 Å². The van der Waals surface area contributed by atoms with E-state index in [1.54, 1.807) is 18.0 Å². The van der Waals surface area contributed by atoms with Crippen LogP contribution in [-0.2, 0) is 0 Å². The largest absolute Gasteiger partial charge is 0.618 e. The summed E-state index contributed by atoms with van der Waals surface area (Å²) in [5.74, 6) is 0. The van der Waals surface area contributed by atoms with Crippen LogP contribution in [0.2, 0.25) is 0 Å². The van der Waals surface area contributed by atoms with Gasteiger partial charge in [0.2, 0.25) is 5.69 Å². The third-order valence-electron chi connectivity index (χ3n) is 3.41. The van der Waals surface area contributed by atoms with Gasteiger partial charge in [0.25, 0.3) is 0 Å². The van der Waals surface area contributed by atoms with E-state index in [0.29, 0.717) is 5.69 Å². The van der Waals surface area contributed by atoms with E-state index < -0.39 is 0 Å². The second kappa shape index (κ2) is 6.02. The van der Waals surface area contributed by atoms with Crippen molar-refractivity contribution in [3.63, 3.8) is 0 Å². The summed E-state index contributed by atoms with van der Waals surface area (Å²) in [5.41, 5.74) is 1.61. The summed E-state index contributed by atoms with van der Waals surface area (Å²) in [4.78, 5) is 1.10. The van der Waals surface area contributed by atoms with Gasteiger partial charge in [-0.15, -0.1) is 11.8 Å². The van der Waals surface area contributed by atoms with Gasteiger partial charge >= 0.3 is 0 Å². The first-order valence-corrected chi connectivity index (χ1v) is 7.94. The molecule has 0 atom stereocenters. The maximum absolute atomic E-state index is 12.4. The monoisotopic (exact) mass is 293 g/mol. The fourth-order valence-corrected chi connectivity index (χ4v) is 2.94. The summed E-state index contributed by atoms with van der Waals surface area (Å²) in [6, 6.07) is 21.6. The first-order chi connectivity index (χ1) is 10.3.